The molecule has 20 heavy (non-hydrogen) atoms. The Hall–Kier alpha value is -1.82. The number of carboxylic acid groups (broad SMARTS) is 1. The van der Waals surface area contributed by atoms with Gasteiger partial charge in [0, 0.05) is 24.6 Å². The lowest BCUT2D eigenvalue weighted by atomic mass is 9.82. The quantitative estimate of drug-likeness (QED) is 0.878. The first-order valence-corrected chi connectivity index (χ1v) is 6.89. The summed E-state index contributed by atoms with van der Waals surface area (Å²) in [4.78, 5) is 22.9. The predicted octanol–water partition coefficient (Wildman–Crippen LogP) is 1.67. The van der Waals surface area contributed by atoms with Crippen LogP contribution in [-0.2, 0) is 4.74 Å². The summed E-state index contributed by atoms with van der Waals surface area (Å²) in [6, 6.07) is 1.34. The van der Waals surface area contributed by atoms with Crippen LogP contribution >= 0.6 is 0 Å². The molecule has 3 rings (SSSR count). The number of aromatic carboxylic acids is 1. The van der Waals surface area contributed by atoms with Gasteiger partial charge in [0.05, 0.1) is 11.7 Å². The van der Waals surface area contributed by atoms with E-state index >= 15 is 0 Å². The van der Waals surface area contributed by atoms with Crippen LogP contribution in [0, 0.1) is 5.92 Å². The zero-order valence-electron chi connectivity index (χ0n) is 11.0. The molecule has 0 aromatic carbocycles. The van der Waals surface area contributed by atoms with Gasteiger partial charge in [0.1, 0.15) is 6.26 Å². The van der Waals surface area contributed by atoms with Crippen molar-refractivity contribution in [2.45, 2.75) is 37.8 Å². The first-order chi connectivity index (χ1) is 9.65. The SMILES string of the molecule is O=C(O)c1coc(C(=O)NC2CCCC3OCCC23)c1. The van der Waals surface area contributed by atoms with E-state index < -0.39 is 5.97 Å². The van der Waals surface area contributed by atoms with E-state index in [2.05, 4.69) is 5.32 Å². The van der Waals surface area contributed by atoms with E-state index in [0.29, 0.717) is 5.92 Å². The van der Waals surface area contributed by atoms with Gasteiger partial charge in [0.15, 0.2) is 5.76 Å². The number of carbonyl (C=O) groups is 2. The molecule has 1 saturated heterocycles. The molecule has 1 aromatic rings. The van der Waals surface area contributed by atoms with Gasteiger partial charge in [0.2, 0.25) is 0 Å². The average molecular weight is 279 g/mol. The van der Waals surface area contributed by atoms with E-state index in [1.807, 2.05) is 0 Å². The summed E-state index contributed by atoms with van der Waals surface area (Å²) in [6.07, 6.45) is 5.32. The number of carbonyl (C=O) groups excluding carboxylic acids is 1. The molecule has 1 aliphatic carbocycles. The Bertz CT molecular complexity index is 523. The highest BCUT2D eigenvalue weighted by Crippen LogP contribution is 2.34. The highest BCUT2D eigenvalue weighted by atomic mass is 16.5. The number of nitrogens with one attached hydrogen (secondary N) is 1. The molecule has 1 amide bonds. The van der Waals surface area contributed by atoms with E-state index in [9.17, 15) is 9.59 Å². The van der Waals surface area contributed by atoms with Crippen molar-refractivity contribution in [2.75, 3.05) is 6.61 Å². The summed E-state index contributed by atoms with van der Waals surface area (Å²) in [5, 5.41) is 11.8. The van der Waals surface area contributed by atoms with Crippen LogP contribution in [0.4, 0.5) is 0 Å². The van der Waals surface area contributed by atoms with Crippen LogP contribution in [0.5, 0.6) is 0 Å². The summed E-state index contributed by atoms with van der Waals surface area (Å²) >= 11 is 0. The molecular weight excluding hydrogens is 262 g/mol. The largest absolute Gasteiger partial charge is 0.478 e. The van der Waals surface area contributed by atoms with Crippen molar-refractivity contribution in [3.8, 4) is 0 Å². The maximum absolute atomic E-state index is 12.1. The normalized spacial score (nSPS) is 28.9. The Balaban J connectivity index is 1.67. The second-order valence-electron chi connectivity index (χ2n) is 5.38. The molecule has 1 aliphatic heterocycles. The van der Waals surface area contributed by atoms with E-state index in [1.54, 1.807) is 0 Å². The molecule has 6 nitrogen and oxygen atoms in total. The molecule has 1 saturated carbocycles. The Labute approximate surface area is 116 Å². The maximum atomic E-state index is 12.1. The van der Waals surface area contributed by atoms with E-state index in [-0.39, 0.29) is 29.4 Å². The zero-order chi connectivity index (χ0) is 14.1. The van der Waals surface area contributed by atoms with Crippen LogP contribution in [0.25, 0.3) is 0 Å². The number of rotatable bonds is 3. The molecule has 108 valence electrons. The lowest BCUT2D eigenvalue weighted by molar-refractivity contribution is 0.0504. The third kappa shape index (κ3) is 2.43. The topological polar surface area (TPSA) is 88.8 Å². The zero-order valence-corrected chi connectivity index (χ0v) is 11.0. The summed E-state index contributed by atoms with van der Waals surface area (Å²) < 4.78 is 10.7. The Morgan fingerprint density at radius 3 is 2.90 bits per heavy atom. The number of carboxylic acids is 1. The molecular formula is C14H17NO5. The van der Waals surface area contributed by atoms with Crippen molar-refractivity contribution in [1.82, 2.24) is 5.32 Å². The van der Waals surface area contributed by atoms with E-state index in [0.717, 1.165) is 38.6 Å². The van der Waals surface area contributed by atoms with Crippen LogP contribution in [-0.4, -0.2) is 35.7 Å². The molecule has 3 atom stereocenters. The number of hydrogen-bond donors (Lipinski definition) is 2. The number of fused-ring (bicyclic) bond motifs is 1. The van der Waals surface area contributed by atoms with Gasteiger partial charge in [-0.1, -0.05) is 0 Å². The third-order valence-electron chi connectivity index (χ3n) is 4.17. The van der Waals surface area contributed by atoms with Gasteiger partial charge < -0.3 is 19.6 Å². The van der Waals surface area contributed by atoms with Crippen LogP contribution in [0.3, 0.4) is 0 Å². The van der Waals surface area contributed by atoms with Crippen molar-refractivity contribution in [1.29, 1.82) is 0 Å². The van der Waals surface area contributed by atoms with Crippen molar-refractivity contribution in [3.63, 3.8) is 0 Å². The van der Waals surface area contributed by atoms with Crippen molar-refractivity contribution in [3.05, 3.63) is 23.7 Å². The summed E-state index contributed by atoms with van der Waals surface area (Å²) in [7, 11) is 0. The highest BCUT2D eigenvalue weighted by Gasteiger charge is 2.38. The first kappa shape index (κ1) is 13.2. The smallest absolute Gasteiger partial charge is 0.338 e. The van der Waals surface area contributed by atoms with Gasteiger partial charge in [-0.05, 0) is 25.7 Å². The highest BCUT2D eigenvalue weighted by molar-refractivity contribution is 5.95. The fraction of sp³-hybridized carbons (Fsp3) is 0.571. The molecule has 6 heteroatoms. The summed E-state index contributed by atoms with van der Waals surface area (Å²) in [6.45, 7) is 0.756. The molecule has 2 fully saturated rings. The molecule has 0 spiro atoms. The number of ether oxygens (including phenoxy) is 1. The predicted molar refractivity (Wildman–Crippen MR) is 68.6 cm³/mol. The Morgan fingerprint density at radius 2 is 2.15 bits per heavy atom. The Kier molecular flexibility index (Phi) is 3.48. The summed E-state index contributed by atoms with van der Waals surface area (Å²) in [5.41, 5.74) is -0.0131. The van der Waals surface area contributed by atoms with Crippen molar-refractivity contribution >= 4 is 11.9 Å². The van der Waals surface area contributed by atoms with Gasteiger partial charge >= 0.3 is 5.97 Å². The lowest BCUT2D eigenvalue weighted by Gasteiger charge is -2.32. The van der Waals surface area contributed by atoms with E-state index in [1.165, 1.54) is 6.07 Å². The molecule has 0 radical (unpaired) electrons. The molecule has 0 bridgehead atoms. The van der Waals surface area contributed by atoms with Gasteiger partial charge in [-0.2, -0.15) is 0 Å². The van der Waals surface area contributed by atoms with Crippen LogP contribution in [0.15, 0.2) is 16.7 Å². The van der Waals surface area contributed by atoms with E-state index in [4.69, 9.17) is 14.3 Å². The van der Waals surface area contributed by atoms with Gasteiger partial charge in [0.25, 0.3) is 5.91 Å². The third-order valence-corrected chi connectivity index (χ3v) is 4.17. The van der Waals surface area contributed by atoms with Gasteiger partial charge in [-0.3, -0.25) is 4.79 Å². The fourth-order valence-electron chi connectivity index (χ4n) is 3.16. The molecule has 2 N–H and O–H groups in total. The number of hydrogen-bond acceptors (Lipinski definition) is 4. The molecule has 3 unspecified atom stereocenters. The lowest BCUT2D eigenvalue weighted by Crippen LogP contribution is -2.45. The number of amides is 1. The van der Waals surface area contributed by atoms with Gasteiger partial charge in [-0.15, -0.1) is 0 Å². The molecule has 2 aliphatic rings. The van der Waals surface area contributed by atoms with Crippen LogP contribution < -0.4 is 5.32 Å². The van der Waals surface area contributed by atoms with Crippen molar-refractivity contribution in [2.24, 2.45) is 5.92 Å². The first-order valence-electron chi connectivity index (χ1n) is 6.89. The monoisotopic (exact) mass is 279 g/mol. The summed E-state index contributed by atoms with van der Waals surface area (Å²) in [5.74, 6) is -1.05. The molecule has 1 aromatic heterocycles. The van der Waals surface area contributed by atoms with Crippen LogP contribution in [0.2, 0.25) is 0 Å². The minimum absolute atomic E-state index is 0.0131. The fourth-order valence-corrected chi connectivity index (χ4v) is 3.16. The minimum atomic E-state index is -1.10. The average Bonchev–Trinajstić information content (AvgIpc) is 3.08. The minimum Gasteiger partial charge on any atom is -0.478 e. The van der Waals surface area contributed by atoms with Crippen molar-refractivity contribution < 1.29 is 23.8 Å². The van der Waals surface area contributed by atoms with Crippen LogP contribution in [0.1, 0.15) is 46.6 Å². The second-order valence-corrected chi connectivity index (χ2v) is 5.38. The van der Waals surface area contributed by atoms with Gasteiger partial charge in [-0.25, -0.2) is 4.79 Å². The maximum Gasteiger partial charge on any atom is 0.338 e. The molecule has 2 heterocycles. The standard InChI is InChI=1S/C14H17NO5/c16-13(12-6-8(7-20-12)14(17)18)15-10-2-1-3-11-9(10)4-5-19-11/h6-7,9-11H,1-5H2,(H,15,16)(H,17,18). The second kappa shape index (κ2) is 5.28. The number of furan rings is 1. The Morgan fingerprint density at radius 1 is 1.30 bits per heavy atom.